The molecule has 1 saturated carbocycles. The lowest BCUT2D eigenvalue weighted by molar-refractivity contribution is -0.265. The third-order valence-electron chi connectivity index (χ3n) is 25.2. The van der Waals surface area contributed by atoms with Crippen LogP contribution in [-0.4, -0.2) is 322 Å². The number of piperidine rings is 1. The fourth-order valence-electron chi connectivity index (χ4n) is 17.4. The van der Waals surface area contributed by atoms with Gasteiger partial charge in [0.15, 0.2) is 5.65 Å². The van der Waals surface area contributed by atoms with Gasteiger partial charge in [-0.25, -0.2) is 24.4 Å². The van der Waals surface area contributed by atoms with Crippen molar-refractivity contribution in [3.05, 3.63) is 113 Å². The number of rotatable bonds is 40. The summed E-state index contributed by atoms with van der Waals surface area (Å²) < 4.78 is 83.0. The van der Waals surface area contributed by atoms with Crippen molar-refractivity contribution in [1.29, 1.82) is 5.41 Å². The van der Waals surface area contributed by atoms with Gasteiger partial charge in [0.25, 0.3) is 11.7 Å². The van der Waals surface area contributed by atoms with Crippen LogP contribution in [0, 0.1) is 35.0 Å². The molecule has 0 radical (unpaired) electrons. The summed E-state index contributed by atoms with van der Waals surface area (Å²) in [6.07, 6.45) is 12.8. The molecule has 4 aliphatic heterocycles. The number of nitrogens with two attached hydrogens (primary N) is 2. The lowest BCUT2D eigenvalue weighted by atomic mass is 9.80. The molecule has 8 heterocycles. The summed E-state index contributed by atoms with van der Waals surface area (Å²) in [6, 6.07) is 8.31. The van der Waals surface area contributed by atoms with Gasteiger partial charge < -0.3 is 124 Å². The van der Waals surface area contributed by atoms with Crippen LogP contribution in [0.3, 0.4) is 0 Å². The number of benzene rings is 1. The number of fused-ring (bicyclic) bond motifs is 6. The number of methoxy groups -OCH3 is 3. The van der Waals surface area contributed by atoms with Crippen LogP contribution in [0.15, 0.2) is 96.2 Å². The molecule has 2 bridgehead atoms. The third kappa shape index (κ3) is 30.4. The number of aliphatic hydroxyl groups excluding tert-OH is 3. The lowest BCUT2D eigenvalue weighted by Crippen LogP contribution is -2.61. The second-order valence-electron chi connectivity index (χ2n) is 34.6. The minimum absolute atomic E-state index is 0.0191. The van der Waals surface area contributed by atoms with Crippen molar-refractivity contribution in [2.24, 2.45) is 35.3 Å². The summed E-state index contributed by atoms with van der Waals surface area (Å²) in [6.45, 7) is 18.5. The summed E-state index contributed by atoms with van der Waals surface area (Å²) in [5, 5.41) is 65.6. The van der Waals surface area contributed by atoms with Gasteiger partial charge in [-0.15, -0.1) is 0 Å². The zero-order valence-corrected chi connectivity index (χ0v) is 76.7. The Morgan fingerprint density at radius 2 is 1.39 bits per heavy atom. The second kappa shape index (κ2) is 52.8. The summed E-state index contributed by atoms with van der Waals surface area (Å²) in [5.74, 6) is -7.62. The van der Waals surface area contributed by atoms with E-state index in [4.69, 9.17) is 82.9 Å². The number of hydrogen-bond acceptors (Lipinski definition) is 30. The van der Waals surface area contributed by atoms with Gasteiger partial charge in [0.2, 0.25) is 17.6 Å². The molecule has 714 valence electrons. The number of esters is 1. The molecule has 3 fully saturated rings. The maximum atomic E-state index is 14.6. The number of nitrogen functional groups attached to an aromatic ring is 1. The van der Waals surface area contributed by atoms with Gasteiger partial charge in [0, 0.05) is 107 Å². The average molecular weight is 1810 g/mol. The van der Waals surface area contributed by atoms with Gasteiger partial charge in [-0.05, 0) is 148 Å². The van der Waals surface area contributed by atoms with Crippen molar-refractivity contribution in [2.45, 2.75) is 211 Å². The summed E-state index contributed by atoms with van der Waals surface area (Å²) in [4.78, 5) is 89.4. The fourth-order valence-corrected chi connectivity index (χ4v) is 17.4. The first-order valence-electron chi connectivity index (χ1n) is 45.7. The number of H-pyrrole nitrogens is 1. The average Bonchev–Trinajstić information content (AvgIpc) is 1.61. The second-order valence-corrected chi connectivity index (χ2v) is 34.6. The highest BCUT2D eigenvalue weighted by atomic mass is 16.6. The molecule has 2 saturated heterocycles. The molecule has 5 aromatic rings. The largest absolute Gasteiger partial charge is 0.459 e. The summed E-state index contributed by atoms with van der Waals surface area (Å²) >= 11 is 0. The van der Waals surface area contributed by atoms with Gasteiger partial charge in [-0.2, -0.15) is 5.10 Å². The number of ether oxygens (including phenoxy) is 14. The zero-order chi connectivity index (χ0) is 92.4. The predicted octanol–water partition coefficient (Wildman–Crippen LogP) is 7.04. The molecule has 3 amide bonds. The van der Waals surface area contributed by atoms with E-state index in [1.54, 1.807) is 47.3 Å². The van der Waals surface area contributed by atoms with Crippen LogP contribution in [0.1, 0.15) is 142 Å². The number of aliphatic hydroxyl groups is 4. The number of amides is 3. The van der Waals surface area contributed by atoms with Crippen molar-refractivity contribution in [2.75, 3.05) is 166 Å². The number of nitrogens with zero attached hydrogens (tertiary/aromatic N) is 7. The molecule has 1 aliphatic carbocycles. The Kier molecular flexibility index (Phi) is 42.1. The highest BCUT2D eigenvalue weighted by Gasteiger charge is 2.53. The van der Waals surface area contributed by atoms with E-state index in [-0.39, 0.29) is 88.0 Å². The molecule has 4 aromatic heterocycles. The van der Waals surface area contributed by atoms with Crippen LogP contribution in [0.5, 0.6) is 0 Å². The minimum atomic E-state index is -2.51. The number of Topliss-reactive ketones (excluding diaryl/α,β-unsaturated/α-hetero) is 1. The van der Waals surface area contributed by atoms with Gasteiger partial charge in [-0.3, -0.25) is 19.2 Å². The third-order valence-corrected chi connectivity index (χ3v) is 25.2. The predicted molar refractivity (Wildman–Crippen MR) is 481 cm³/mol. The van der Waals surface area contributed by atoms with E-state index < -0.39 is 102 Å². The Labute approximate surface area is 756 Å². The van der Waals surface area contributed by atoms with Crippen LogP contribution in [0.25, 0.3) is 33.3 Å². The number of pyridine rings is 1. The smallest absolute Gasteiger partial charge is 0.329 e. The van der Waals surface area contributed by atoms with Crippen molar-refractivity contribution in [1.82, 2.24) is 44.8 Å². The van der Waals surface area contributed by atoms with Crippen molar-refractivity contribution >= 4 is 63.1 Å². The molecule has 129 heavy (non-hydrogen) atoms. The maximum absolute atomic E-state index is 14.6. The molecule has 0 unspecified atom stereocenters. The number of cyclic esters (lactones) is 1. The van der Waals surface area contributed by atoms with E-state index in [1.807, 2.05) is 73.0 Å². The van der Waals surface area contributed by atoms with E-state index in [2.05, 4.69) is 43.5 Å². The maximum Gasteiger partial charge on any atom is 0.329 e. The number of nitrogens with one attached hydrogen (secondary N) is 3. The fraction of sp³-hybridized carbons (Fsp3) is 0.660. The summed E-state index contributed by atoms with van der Waals surface area (Å²) in [5.41, 5.74) is 21.8. The van der Waals surface area contributed by atoms with Crippen LogP contribution in [0.2, 0.25) is 0 Å². The number of hydrogen-bond donors (Lipinski definition) is 9. The molecule has 5 aliphatic rings. The Hall–Kier alpha value is -8.28. The van der Waals surface area contributed by atoms with E-state index in [9.17, 15) is 49.8 Å². The standard InChI is InChI=1S/C94H140N12O23/c1-60-14-10-11-15-71(61(2)46-63(4)84(96)87(118-9)86(111)64(5)47-62(3)77(108)53-79(74(95)49-66-19-22-76(107)80(50-66)117-8)128-93(114)75-16-12-13-28-105(75)92(113)88(112)94(115)65(6)17-21-73(129-94)52-78(60)116-7)57-127-58-81(109)98-27-31-120-33-35-122-37-39-124-41-43-126-45-44-125-42-40-123-38-36-121-34-32-119-30-25-82(110)104-29-24-68-48-67(18-20-70(68)56-104)55-106-91-83(89(97)101-59-102-91)85(103-106)72-51-69-23-26-99-90(69)100-54-72/h10-11,14-15,18,20,23,26,47-48,51,54,59,61-63,65-66,73-80,86-87,96,107-108,111,115H,12-13,16-17,19,21-22,24-25,27-46,49-50,52-53,55-58,95H2,1-9H3,(H,98,109)(H,99,100)(H2,97,101,102)/b11-10?,60-14?,64-47+,71-15+,96-84?/t61-,62+,63+,65+,66-,73-,74+,75-,76+,77+,78-,79-,80+,86+,87-,94+/m0/s1. The zero-order valence-electron chi connectivity index (χ0n) is 76.7. The molecule has 10 rings (SSSR count). The molecule has 35 heteroatoms. The number of anilines is 1. The van der Waals surface area contributed by atoms with Crippen molar-refractivity contribution in [3.63, 3.8) is 0 Å². The van der Waals surface area contributed by atoms with Crippen LogP contribution >= 0.6 is 0 Å². The normalized spacial score (nSPS) is 26.9. The molecule has 1 aromatic carbocycles. The topological polar surface area (TPSA) is 462 Å². The quantitative estimate of drug-likeness (QED) is 0.00821. The highest BCUT2D eigenvalue weighted by molar-refractivity contribution is 6.39. The van der Waals surface area contributed by atoms with E-state index >= 15 is 0 Å². The van der Waals surface area contributed by atoms with E-state index in [0.29, 0.717) is 205 Å². The van der Waals surface area contributed by atoms with E-state index in [1.165, 1.54) is 19.0 Å². The molecule has 16 atom stereocenters. The lowest BCUT2D eigenvalue weighted by Gasteiger charge is -2.42. The minimum Gasteiger partial charge on any atom is -0.459 e. The number of aromatic nitrogens is 6. The van der Waals surface area contributed by atoms with E-state index in [0.717, 1.165) is 50.2 Å². The molecular weight excluding hydrogens is 1670 g/mol. The Morgan fingerprint density at radius 1 is 0.713 bits per heavy atom. The SMILES string of the molecule is CO[C@H]1C[C@@H]2CC[C@@H](C)[C@@](O)(O2)C(=O)C(=O)N2CCCC[C@H]2C(=O)O[C@H]([C@H](N)C[C@@H]2CC[C@@H](O)[C@H](OC)C2)C[C@@H](O)[C@H](C)/C=C(\C)[C@@H](O)[C@@H](OC)C(=N)[C@H](C)C[C@H](C)/C(COCC(=O)NCCOCCOCCOCCOCCOCCOCCOCCOCCC(=O)N2CCc3cc(Cn4nc(-c5cnc6[nH]ccc6c5)c5c(N)ncnc54)ccc3C2)=C/C=CC=C1C. The Bertz CT molecular complexity index is 4500. The molecular formula is C94H140N12O23. The number of aromatic amines is 1. The van der Waals surface area contributed by atoms with Crippen molar-refractivity contribution < 1.29 is 111 Å². The first-order chi connectivity index (χ1) is 62.3. The number of carbonyl (C=O) groups excluding carboxylic acids is 5. The molecule has 35 nitrogen and oxygen atoms in total. The first-order valence-corrected chi connectivity index (χ1v) is 45.7. The highest BCUT2D eigenvalue weighted by Crippen LogP contribution is 2.39. The van der Waals surface area contributed by atoms with Gasteiger partial charge in [-0.1, -0.05) is 76.3 Å². The van der Waals surface area contributed by atoms with Gasteiger partial charge >= 0.3 is 5.97 Å². The van der Waals surface area contributed by atoms with Crippen LogP contribution < -0.4 is 16.8 Å². The first kappa shape index (κ1) is 103. The Morgan fingerprint density at radius 3 is 2.06 bits per heavy atom. The van der Waals surface area contributed by atoms with Crippen LogP contribution in [-0.2, 0) is 110 Å². The number of allylic oxidation sites excluding steroid dienone is 4. The van der Waals surface area contributed by atoms with Crippen molar-refractivity contribution in [3.8, 4) is 11.3 Å². The Balaban J connectivity index is 0.573. The number of ketones is 1. The molecule has 0 spiro atoms. The van der Waals surface area contributed by atoms with Gasteiger partial charge in [0.05, 0.1) is 161 Å². The monoisotopic (exact) mass is 1810 g/mol. The van der Waals surface area contributed by atoms with Gasteiger partial charge in [0.1, 0.15) is 54.4 Å². The number of carbonyl (C=O) groups is 5. The molecule has 11 N–H and O–H groups in total. The van der Waals surface area contributed by atoms with Crippen LogP contribution in [0.4, 0.5) is 5.82 Å². The summed E-state index contributed by atoms with van der Waals surface area (Å²) in [7, 11) is 4.52.